The van der Waals surface area contributed by atoms with Crippen LogP contribution in [0.4, 0.5) is 0 Å². The summed E-state index contributed by atoms with van der Waals surface area (Å²) in [6, 6.07) is 0. The minimum absolute atomic E-state index is 0. The second-order valence-corrected chi connectivity index (χ2v) is 4.22. The third-order valence-electron chi connectivity index (χ3n) is 3.05. The minimum atomic E-state index is 0. The van der Waals surface area contributed by atoms with Crippen molar-refractivity contribution in [2.24, 2.45) is 0 Å². The molecule has 0 N–H and O–H groups in total. The van der Waals surface area contributed by atoms with E-state index in [2.05, 4.69) is 4.90 Å². The zero-order valence-corrected chi connectivity index (χ0v) is 9.49. The zero-order chi connectivity index (χ0) is 9.64. The molecule has 0 aromatic heterocycles. The fraction of sp³-hybridized carbons (Fsp3) is 1.00. The molecule has 3 radical (unpaired) electrons. The van der Waals surface area contributed by atoms with E-state index < -0.39 is 0 Å². The SMILES string of the molecule is C1CCC(OCCN2CCCC2)OC1.[B]. The second-order valence-electron chi connectivity index (χ2n) is 4.22. The molecule has 0 aliphatic carbocycles. The number of likely N-dealkylation sites (tertiary alicyclic amines) is 1. The van der Waals surface area contributed by atoms with Gasteiger partial charge in [0.1, 0.15) is 0 Å². The molecule has 4 heteroatoms. The number of hydrogen-bond donors (Lipinski definition) is 0. The molecule has 0 spiro atoms. The normalized spacial score (nSPS) is 27.6. The summed E-state index contributed by atoms with van der Waals surface area (Å²) in [5, 5.41) is 0. The first-order chi connectivity index (χ1) is 6.95. The molecule has 0 aromatic carbocycles. The number of ether oxygens (including phenoxy) is 2. The van der Waals surface area contributed by atoms with Crippen molar-refractivity contribution >= 4 is 8.41 Å². The van der Waals surface area contributed by atoms with Gasteiger partial charge in [-0.15, -0.1) is 0 Å². The van der Waals surface area contributed by atoms with Crippen LogP contribution in [0.25, 0.3) is 0 Å². The Bertz CT molecular complexity index is 157. The van der Waals surface area contributed by atoms with Gasteiger partial charge in [0.15, 0.2) is 6.29 Å². The molecular weight excluding hydrogens is 189 g/mol. The van der Waals surface area contributed by atoms with E-state index in [9.17, 15) is 0 Å². The summed E-state index contributed by atoms with van der Waals surface area (Å²) in [4.78, 5) is 2.48. The topological polar surface area (TPSA) is 21.7 Å². The molecule has 0 bridgehead atoms. The molecule has 1 unspecified atom stereocenters. The summed E-state index contributed by atoms with van der Waals surface area (Å²) in [5.74, 6) is 0. The summed E-state index contributed by atoms with van der Waals surface area (Å²) in [6.07, 6.45) is 6.35. The largest absolute Gasteiger partial charge is 0.353 e. The van der Waals surface area contributed by atoms with Crippen LogP contribution in [-0.2, 0) is 9.47 Å². The molecule has 3 nitrogen and oxygen atoms in total. The van der Waals surface area contributed by atoms with E-state index in [0.717, 1.165) is 26.2 Å². The van der Waals surface area contributed by atoms with Crippen molar-refractivity contribution in [1.82, 2.24) is 4.90 Å². The molecule has 2 rings (SSSR count). The van der Waals surface area contributed by atoms with Crippen molar-refractivity contribution in [2.75, 3.05) is 32.8 Å². The third kappa shape index (κ3) is 4.54. The quantitative estimate of drug-likeness (QED) is 0.651. The third-order valence-corrected chi connectivity index (χ3v) is 3.05. The van der Waals surface area contributed by atoms with Gasteiger partial charge >= 0.3 is 0 Å². The van der Waals surface area contributed by atoms with Gasteiger partial charge in [-0.1, -0.05) is 0 Å². The van der Waals surface area contributed by atoms with Crippen LogP contribution in [0.15, 0.2) is 0 Å². The standard InChI is InChI=1S/C11H21NO2.B/c1-4-9-13-11(5-1)14-10-8-12-6-2-3-7-12;/h11H,1-10H2;. The average Bonchev–Trinajstić information content (AvgIpc) is 2.72. The molecule has 1 atom stereocenters. The van der Waals surface area contributed by atoms with Crippen molar-refractivity contribution in [3.05, 3.63) is 0 Å². The first kappa shape index (κ1) is 13.0. The molecule has 2 heterocycles. The Labute approximate surface area is 94.7 Å². The minimum Gasteiger partial charge on any atom is -0.353 e. The highest BCUT2D eigenvalue weighted by atomic mass is 16.7. The maximum atomic E-state index is 5.68. The number of rotatable bonds is 4. The molecule has 0 amide bonds. The highest BCUT2D eigenvalue weighted by Gasteiger charge is 2.15. The predicted molar refractivity (Wildman–Crippen MR) is 61.0 cm³/mol. The Morgan fingerprint density at radius 1 is 1.13 bits per heavy atom. The van der Waals surface area contributed by atoms with Crippen molar-refractivity contribution in [2.45, 2.75) is 38.4 Å². The summed E-state index contributed by atoms with van der Waals surface area (Å²) in [5.41, 5.74) is 0. The first-order valence-electron chi connectivity index (χ1n) is 5.91. The van der Waals surface area contributed by atoms with Crippen LogP contribution in [0.3, 0.4) is 0 Å². The lowest BCUT2D eigenvalue weighted by Gasteiger charge is -2.24. The molecular formula is C11H21BNO2. The summed E-state index contributed by atoms with van der Waals surface area (Å²) < 4.78 is 11.2. The summed E-state index contributed by atoms with van der Waals surface area (Å²) >= 11 is 0. The van der Waals surface area contributed by atoms with Gasteiger partial charge in [-0.2, -0.15) is 0 Å². The van der Waals surface area contributed by atoms with Gasteiger partial charge in [-0.05, 0) is 45.2 Å². The van der Waals surface area contributed by atoms with Crippen molar-refractivity contribution in [1.29, 1.82) is 0 Å². The highest BCUT2D eigenvalue weighted by Crippen LogP contribution is 2.14. The number of nitrogens with zero attached hydrogens (tertiary/aromatic N) is 1. The van der Waals surface area contributed by atoms with Gasteiger partial charge < -0.3 is 14.4 Å². The van der Waals surface area contributed by atoms with Gasteiger partial charge in [-0.3, -0.25) is 0 Å². The molecule has 2 aliphatic heterocycles. The summed E-state index contributed by atoms with van der Waals surface area (Å²) in [7, 11) is 0. The van der Waals surface area contributed by atoms with E-state index in [-0.39, 0.29) is 14.7 Å². The van der Waals surface area contributed by atoms with Gasteiger partial charge in [0.2, 0.25) is 0 Å². The van der Waals surface area contributed by atoms with E-state index in [1.165, 1.54) is 38.8 Å². The smallest absolute Gasteiger partial charge is 0.157 e. The molecule has 2 fully saturated rings. The van der Waals surface area contributed by atoms with Crippen LogP contribution in [-0.4, -0.2) is 52.5 Å². The molecule has 85 valence electrons. The van der Waals surface area contributed by atoms with Crippen LogP contribution >= 0.6 is 0 Å². The monoisotopic (exact) mass is 210 g/mol. The Kier molecular flexibility index (Phi) is 6.29. The van der Waals surface area contributed by atoms with Gasteiger partial charge in [0.05, 0.1) is 6.61 Å². The highest BCUT2D eigenvalue weighted by molar-refractivity contribution is 5.75. The zero-order valence-electron chi connectivity index (χ0n) is 9.49. The van der Waals surface area contributed by atoms with E-state index in [4.69, 9.17) is 9.47 Å². The molecule has 15 heavy (non-hydrogen) atoms. The number of hydrogen-bond acceptors (Lipinski definition) is 3. The van der Waals surface area contributed by atoms with Crippen molar-refractivity contribution in [3.8, 4) is 0 Å². The lowest BCUT2D eigenvalue weighted by Crippen LogP contribution is -2.28. The first-order valence-corrected chi connectivity index (χ1v) is 5.91. The van der Waals surface area contributed by atoms with Crippen molar-refractivity contribution < 1.29 is 9.47 Å². The Hall–Kier alpha value is -0.0551. The maximum absolute atomic E-state index is 5.68. The van der Waals surface area contributed by atoms with Gasteiger partial charge in [-0.25, -0.2) is 0 Å². The average molecular weight is 210 g/mol. The van der Waals surface area contributed by atoms with E-state index in [1.54, 1.807) is 0 Å². The lowest BCUT2D eigenvalue weighted by molar-refractivity contribution is -0.163. The Balaban J connectivity index is 0.00000112. The lowest BCUT2D eigenvalue weighted by atomic mass is 10.2. The van der Waals surface area contributed by atoms with Crippen LogP contribution in [0.5, 0.6) is 0 Å². The van der Waals surface area contributed by atoms with Crippen LogP contribution in [0, 0.1) is 0 Å². The fourth-order valence-corrected chi connectivity index (χ4v) is 2.16. The Morgan fingerprint density at radius 3 is 2.60 bits per heavy atom. The molecule has 2 saturated heterocycles. The van der Waals surface area contributed by atoms with Crippen LogP contribution in [0.1, 0.15) is 32.1 Å². The van der Waals surface area contributed by atoms with Gasteiger partial charge in [0, 0.05) is 21.6 Å². The van der Waals surface area contributed by atoms with E-state index in [1.807, 2.05) is 0 Å². The fourth-order valence-electron chi connectivity index (χ4n) is 2.16. The summed E-state index contributed by atoms with van der Waals surface area (Å²) in [6.45, 7) is 5.32. The molecule has 2 aliphatic rings. The Morgan fingerprint density at radius 2 is 1.93 bits per heavy atom. The maximum Gasteiger partial charge on any atom is 0.157 e. The predicted octanol–water partition coefficient (Wildman–Crippen LogP) is 1.24. The molecule has 0 saturated carbocycles. The molecule has 0 aromatic rings. The van der Waals surface area contributed by atoms with E-state index >= 15 is 0 Å². The van der Waals surface area contributed by atoms with Crippen LogP contribution < -0.4 is 0 Å². The van der Waals surface area contributed by atoms with E-state index in [0.29, 0.717) is 0 Å². The van der Waals surface area contributed by atoms with Gasteiger partial charge in [0.25, 0.3) is 0 Å². The van der Waals surface area contributed by atoms with Crippen LogP contribution in [0.2, 0.25) is 0 Å². The van der Waals surface area contributed by atoms with Crippen molar-refractivity contribution in [3.63, 3.8) is 0 Å². The second kappa shape index (κ2) is 7.26.